The van der Waals surface area contributed by atoms with Crippen molar-refractivity contribution >= 4 is 10.2 Å². The standard InChI is InChI=1S/C5H11F3N2O3S/c6-5(7,8)4-10-14(12,13)9-2-1-3-11/h9-11H,1-4H2. The van der Waals surface area contributed by atoms with Gasteiger partial charge in [-0.1, -0.05) is 0 Å². The van der Waals surface area contributed by atoms with E-state index in [2.05, 4.69) is 0 Å². The maximum Gasteiger partial charge on any atom is 0.402 e. The third kappa shape index (κ3) is 8.23. The largest absolute Gasteiger partial charge is 0.402 e. The summed E-state index contributed by atoms with van der Waals surface area (Å²) in [5.74, 6) is 0. The van der Waals surface area contributed by atoms with Crippen LogP contribution in [0.15, 0.2) is 0 Å². The van der Waals surface area contributed by atoms with Crippen molar-refractivity contribution in [3.8, 4) is 0 Å². The Hall–Kier alpha value is -0.380. The second-order valence-electron chi connectivity index (χ2n) is 2.41. The zero-order chi connectivity index (χ0) is 11.2. The number of halogens is 3. The molecule has 0 fully saturated rings. The zero-order valence-corrected chi connectivity index (χ0v) is 7.95. The molecule has 0 radical (unpaired) electrons. The van der Waals surface area contributed by atoms with Crippen molar-refractivity contribution in [2.45, 2.75) is 12.6 Å². The summed E-state index contributed by atoms with van der Waals surface area (Å²) >= 11 is 0. The van der Waals surface area contributed by atoms with Crippen LogP contribution in [0.4, 0.5) is 13.2 Å². The van der Waals surface area contributed by atoms with E-state index in [0.717, 1.165) is 0 Å². The summed E-state index contributed by atoms with van der Waals surface area (Å²) in [5.41, 5.74) is 0. The molecule has 0 aromatic heterocycles. The molecule has 0 atom stereocenters. The first-order valence-electron chi connectivity index (χ1n) is 3.69. The van der Waals surface area contributed by atoms with E-state index >= 15 is 0 Å². The maximum atomic E-state index is 11.6. The van der Waals surface area contributed by atoms with Crippen molar-refractivity contribution in [3.05, 3.63) is 0 Å². The highest BCUT2D eigenvalue weighted by atomic mass is 32.2. The summed E-state index contributed by atoms with van der Waals surface area (Å²) in [5, 5.41) is 8.29. The van der Waals surface area contributed by atoms with E-state index in [-0.39, 0.29) is 19.6 Å². The fourth-order valence-electron chi connectivity index (χ4n) is 0.513. The van der Waals surface area contributed by atoms with Gasteiger partial charge in [0.15, 0.2) is 0 Å². The SMILES string of the molecule is O=S(=O)(NCCCO)NCC(F)(F)F. The lowest BCUT2D eigenvalue weighted by Gasteiger charge is -2.09. The van der Waals surface area contributed by atoms with Gasteiger partial charge >= 0.3 is 6.18 Å². The van der Waals surface area contributed by atoms with Crippen LogP contribution in [-0.4, -0.2) is 39.4 Å². The Morgan fingerprint density at radius 2 is 1.79 bits per heavy atom. The van der Waals surface area contributed by atoms with Crippen LogP contribution < -0.4 is 9.44 Å². The first-order valence-corrected chi connectivity index (χ1v) is 5.17. The minimum Gasteiger partial charge on any atom is -0.396 e. The first-order chi connectivity index (χ1) is 6.27. The summed E-state index contributed by atoms with van der Waals surface area (Å²) < 4.78 is 59.4. The molecule has 0 saturated heterocycles. The third-order valence-electron chi connectivity index (χ3n) is 1.09. The molecule has 0 aliphatic rings. The van der Waals surface area contributed by atoms with Gasteiger partial charge in [0.1, 0.15) is 6.54 Å². The van der Waals surface area contributed by atoms with E-state index in [4.69, 9.17) is 5.11 Å². The number of hydrogen-bond donors (Lipinski definition) is 3. The molecule has 0 aromatic rings. The fourth-order valence-corrected chi connectivity index (χ4v) is 1.38. The van der Waals surface area contributed by atoms with Gasteiger partial charge in [-0.25, -0.2) is 4.72 Å². The van der Waals surface area contributed by atoms with Gasteiger partial charge in [-0.15, -0.1) is 0 Å². The predicted octanol–water partition coefficient (Wildman–Crippen LogP) is -0.645. The molecule has 0 bridgehead atoms. The molecule has 14 heavy (non-hydrogen) atoms. The summed E-state index contributed by atoms with van der Waals surface area (Å²) in [6, 6.07) is 0. The van der Waals surface area contributed by atoms with Crippen LogP contribution in [-0.2, 0) is 10.2 Å². The highest BCUT2D eigenvalue weighted by Gasteiger charge is 2.29. The van der Waals surface area contributed by atoms with Gasteiger partial charge in [0.2, 0.25) is 0 Å². The smallest absolute Gasteiger partial charge is 0.396 e. The molecule has 0 heterocycles. The molecule has 0 spiro atoms. The van der Waals surface area contributed by atoms with E-state index < -0.39 is 22.9 Å². The Labute approximate surface area is 79.5 Å². The summed E-state index contributed by atoms with van der Waals surface area (Å²) in [6.45, 7) is -1.95. The van der Waals surface area contributed by atoms with Crippen LogP contribution >= 0.6 is 0 Å². The lowest BCUT2D eigenvalue weighted by molar-refractivity contribution is -0.121. The van der Waals surface area contributed by atoms with E-state index in [1.165, 1.54) is 4.72 Å². The maximum absolute atomic E-state index is 11.6. The van der Waals surface area contributed by atoms with Crippen LogP contribution in [0.25, 0.3) is 0 Å². The molecule has 9 heteroatoms. The molecule has 0 aromatic carbocycles. The van der Waals surface area contributed by atoms with E-state index in [9.17, 15) is 21.6 Å². The van der Waals surface area contributed by atoms with Crippen LogP contribution in [0.5, 0.6) is 0 Å². The van der Waals surface area contributed by atoms with Gasteiger partial charge in [-0.2, -0.15) is 26.3 Å². The number of alkyl halides is 3. The van der Waals surface area contributed by atoms with Gasteiger partial charge in [0.25, 0.3) is 10.2 Å². The molecule has 0 saturated carbocycles. The minimum atomic E-state index is -4.58. The van der Waals surface area contributed by atoms with Gasteiger partial charge in [0.05, 0.1) is 0 Å². The number of hydrogen-bond acceptors (Lipinski definition) is 3. The van der Waals surface area contributed by atoms with Crippen molar-refractivity contribution in [3.63, 3.8) is 0 Å². The van der Waals surface area contributed by atoms with Crippen molar-refractivity contribution in [2.24, 2.45) is 0 Å². The molecule has 5 nitrogen and oxygen atoms in total. The highest BCUT2D eigenvalue weighted by molar-refractivity contribution is 7.87. The normalized spacial score (nSPS) is 13.1. The summed E-state index contributed by atoms with van der Waals surface area (Å²) in [7, 11) is -4.12. The Morgan fingerprint density at radius 1 is 1.21 bits per heavy atom. The van der Waals surface area contributed by atoms with Crippen LogP contribution in [0.1, 0.15) is 6.42 Å². The summed E-state index contributed by atoms with van der Waals surface area (Å²) in [4.78, 5) is 0. The van der Waals surface area contributed by atoms with E-state index in [1.807, 2.05) is 4.72 Å². The van der Waals surface area contributed by atoms with Crippen molar-refractivity contribution in [2.75, 3.05) is 19.7 Å². The predicted molar refractivity (Wildman–Crippen MR) is 42.7 cm³/mol. The number of rotatable bonds is 6. The second kappa shape index (κ2) is 5.49. The van der Waals surface area contributed by atoms with Gasteiger partial charge in [0, 0.05) is 13.2 Å². The van der Waals surface area contributed by atoms with E-state index in [1.54, 1.807) is 0 Å². The second-order valence-corrected chi connectivity index (χ2v) is 4.00. The Morgan fingerprint density at radius 3 is 2.21 bits per heavy atom. The van der Waals surface area contributed by atoms with Crippen LogP contribution in [0, 0.1) is 0 Å². The molecule has 0 amide bonds. The zero-order valence-electron chi connectivity index (χ0n) is 7.13. The average molecular weight is 236 g/mol. The number of nitrogens with one attached hydrogen (secondary N) is 2. The lowest BCUT2D eigenvalue weighted by Crippen LogP contribution is -2.41. The van der Waals surface area contributed by atoms with Gasteiger partial charge < -0.3 is 5.11 Å². The Bertz CT molecular complexity index is 251. The molecule has 0 aliphatic carbocycles. The highest BCUT2D eigenvalue weighted by Crippen LogP contribution is 2.12. The van der Waals surface area contributed by atoms with Crippen molar-refractivity contribution < 1.29 is 26.7 Å². The fraction of sp³-hybridized carbons (Fsp3) is 1.00. The average Bonchev–Trinajstić information content (AvgIpc) is 2.00. The number of aliphatic hydroxyl groups is 1. The van der Waals surface area contributed by atoms with Crippen molar-refractivity contribution in [1.29, 1.82) is 0 Å². The molecule has 3 N–H and O–H groups in total. The number of aliphatic hydroxyl groups excluding tert-OH is 1. The Kier molecular flexibility index (Phi) is 5.34. The molecular formula is C5H11F3N2O3S. The molecule has 86 valence electrons. The van der Waals surface area contributed by atoms with E-state index in [0.29, 0.717) is 0 Å². The monoisotopic (exact) mass is 236 g/mol. The molecule has 0 aliphatic heterocycles. The lowest BCUT2D eigenvalue weighted by atomic mass is 10.5. The van der Waals surface area contributed by atoms with Crippen LogP contribution in [0.2, 0.25) is 0 Å². The van der Waals surface area contributed by atoms with Crippen molar-refractivity contribution in [1.82, 2.24) is 9.44 Å². The van der Waals surface area contributed by atoms with Gasteiger partial charge in [-0.05, 0) is 6.42 Å². The molecule has 0 rings (SSSR count). The first kappa shape index (κ1) is 13.6. The minimum absolute atomic E-state index is 0.107. The van der Waals surface area contributed by atoms with Gasteiger partial charge in [-0.3, -0.25) is 0 Å². The quantitative estimate of drug-likeness (QED) is 0.536. The third-order valence-corrected chi connectivity index (χ3v) is 2.20. The Balaban J connectivity index is 3.85. The topological polar surface area (TPSA) is 78.4 Å². The molecule has 0 unspecified atom stereocenters. The summed E-state index contributed by atoms with van der Waals surface area (Å²) in [6.07, 6.45) is -4.43. The van der Waals surface area contributed by atoms with Crippen LogP contribution in [0.3, 0.4) is 0 Å². The molecular weight excluding hydrogens is 225 g/mol.